The van der Waals surface area contributed by atoms with E-state index in [9.17, 15) is 14.5 Å². The SMILES string of the molecule is CCOc1nc(C)nc2c1ncn2[C@@H]1O[C@H](COP(=O)(NC(C)C(=O)OC2CCCCC2)Oc2ccccc2)[C@@H](O)[C@@]1(C)Cl. The summed E-state index contributed by atoms with van der Waals surface area (Å²) in [6.45, 7) is 6.73. The molecule has 5 rings (SSSR count). The number of aryl methyl sites for hydroxylation is 1. The number of hydrogen-bond donors (Lipinski definition) is 2. The van der Waals surface area contributed by atoms with E-state index in [1.165, 1.54) is 13.3 Å². The Labute approximate surface area is 261 Å². The molecule has 2 aliphatic rings. The fourth-order valence-electron chi connectivity index (χ4n) is 5.37. The van der Waals surface area contributed by atoms with Crippen LogP contribution < -0.4 is 14.3 Å². The van der Waals surface area contributed by atoms with Crippen LogP contribution in [0.15, 0.2) is 36.7 Å². The van der Waals surface area contributed by atoms with Crippen molar-refractivity contribution in [3.8, 4) is 11.6 Å². The van der Waals surface area contributed by atoms with Gasteiger partial charge in [0.15, 0.2) is 17.4 Å². The van der Waals surface area contributed by atoms with Crippen LogP contribution in [0.3, 0.4) is 0 Å². The lowest BCUT2D eigenvalue weighted by Crippen LogP contribution is -2.41. The number of rotatable bonds is 12. The van der Waals surface area contributed by atoms with Crippen molar-refractivity contribution in [2.45, 2.75) is 95.3 Å². The van der Waals surface area contributed by atoms with Gasteiger partial charge in [0.05, 0.1) is 19.5 Å². The van der Waals surface area contributed by atoms with Crippen LogP contribution >= 0.6 is 19.3 Å². The number of carbonyl (C=O) groups is 1. The lowest BCUT2D eigenvalue weighted by atomic mass is 9.98. The van der Waals surface area contributed by atoms with E-state index >= 15 is 0 Å². The molecular formula is C29H39ClN5O8P. The Morgan fingerprint density at radius 2 is 1.98 bits per heavy atom. The smallest absolute Gasteiger partial charge is 0.459 e. The largest absolute Gasteiger partial charge is 0.476 e. The van der Waals surface area contributed by atoms with Gasteiger partial charge in [0, 0.05) is 0 Å². The first kappa shape index (κ1) is 32.6. The van der Waals surface area contributed by atoms with Crippen molar-refractivity contribution in [2.75, 3.05) is 13.2 Å². The topological polar surface area (TPSA) is 156 Å². The molecule has 6 atom stereocenters. The standard InChI is InChI=1S/C29H39ClN5O8P/c1-5-39-26-23-25(32-19(3)33-26)35(17-31-23)28-29(4,30)24(36)22(42-28)16-40-44(38,43-21-14-10-7-11-15-21)34-18(2)27(37)41-20-12-8-6-9-13-20/h7,10-11,14-15,17-18,20,22,24,28,36H,5-6,8-9,12-13,16H2,1-4H3,(H,34,38)/t18?,22-,24-,28-,29-,44?/m1/s1. The molecule has 44 heavy (non-hydrogen) atoms. The molecule has 0 amide bonds. The van der Waals surface area contributed by atoms with Crippen LogP contribution in [-0.4, -0.2) is 73.0 Å². The number of alkyl halides is 1. The molecule has 2 unspecified atom stereocenters. The Bertz CT molecular complexity index is 1490. The van der Waals surface area contributed by atoms with E-state index in [-0.39, 0.29) is 18.5 Å². The fourth-order valence-corrected chi connectivity index (χ4v) is 7.17. The zero-order chi connectivity index (χ0) is 31.5. The Morgan fingerprint density at radius 3 is 2.68 bits per heavy atom. The monoisotopic (exact) mass is 651 g/mol. The van der Waals surface area contributed by atoms with Crippen LogP contribution in [0.4, 0.5) is 0 Å². The minimum absolute atomic E-state index is 0.172. The molecule has 1 aliphatic carbocycles. The molecule has 0 spiro atoms. The van der Waals surface area contributed by atoms with Crippen molar-refractivity contribution in [3.63, 3.8) is 0 Å². The zero-order valence-electron chi connectivity index (χ0n) is 25.2. The molecule has 0 bridgehead atoms. The summed E-state index contributed by atoms with van der Waals surface area (Å²) in [5, 5.41) is 13.9. The highest BCUT2D eigenvalue weighted by Gasteiger charge is 2.54. The number of nitrogens with one attached hydrogen (secondary N) is 1. The van der Waals surface area contributed by atoms with Crippen LogP contribution in [0, 0.1) is 6.92 Å². The molecule has 3 heterocycles. The van der Waals surface area contributed by atoms with Crippen molar-refractivity contribution in [1.29, 1.82) is 0 Å². The normalized spacial score (nSPS) is 26.3. The Hall–Kier alpha value is -2.80. The number of fused-ring (bicyclic) bond motifs is 1. The van der Waals surface area contributed by atoms with Crippen molar-refractivity contribution >= 4 is 36.5 Å². The van der Waals surface area contributed by atoms with Crippen LogP contribution in [0.1, 0.15) is 64.9 Å². The number of aromatic nitrogens is 4. The minimum atomic E-state index is -4.21. The predicted octanol–water partition coefficient (Wildman–Crippen LogP) is 4.85. The number of esters is 1. The second-order valence-corrected chi connectivity index (χ2v) is 13.7. The zero-order valence-corrected chi connectivity index (χ0v) is 26.9. The van der Waals surface area contributed by atoms with E-state index in [0.29, 0.717) is 29.5 Å². The molecule has 15 heteroatoms. The molecule has 2 N–H and O–H groups in total. The maximum Gasteiger partial charge on any atom is 0.459 e. The first-order valence-electron chi connectivity index (χ1n) is 14.8. The average Bonchev–Trinajstić information content (AvgIpc) is 3.50. The second-order valence-electron chi connectivity index (χ2n) is 11.2. The summed E-state index contributed by atoms with van der Waals surface area (Å²) in [6.07, 6.45) is 2.80. The van der Waals surface area contributed by atoms with E-state index in [2.05, 4.69) is 20.0 Å². The van der Waals surface area contributed by atoms with E-state index in [0.717, 1.165) is 32.1 Å². The quantitative estimate of drug-likeness (QED) is 0.156. The summed E-state index contributed by atoms with van der Waals surface area (Å²) in [4.78, 5) is 24.7. The number of carbonyl (C=O) groups excluding carboxylic acids is 1. The van der Waals surface area contributed by atoms with E-state index in [1.54, 1.807) is 48.7 Å². The maximum absolute atomic E-state index is 14.1. The van der Waals surface area contributed by atoms with Crippen LogP contribution in [-0.2, 0) is 23.4 Å². The lowest BCUT2D eigenvalue weighted by Gasteiger charge is -2.27. The Kier molecular flexibility index (Phi) is 10.1. The third kappa shape index (κ3) is 7.19. The summed E-state index contributed by atoms with van der Waals surface area (Å²) in [6, 6.07) is 7.42. The number of hydrogen-bond acceptors (Lipinski definition) is 11. The van der Waals surface area contributed by atoms with Crippen LogP contribution in [0.25, 0.3) is 11.2 Å². The highest BCUT2D eigenvalue weighted by atomic mass is 35.5. The van der Waals surface area contributed by atoms with Gasteiger partial charge in [-0.3, -0.25) is 13.9 Å². The van der Waals surface area contributed by atoms with Gasteiger partial charge in [0.1, 0.15) is 40.8 Å². The molecule has 2 fully saturated rings. The molecule has 240 valence electrons. The summed E-state index contributed by atoms with van der Waals surface area (Å²) in [7, 11) is -4.21. The van der Waals surface area contributed by atoms with Gasteiger partial charge in [-0.25, -0.2) is 14.5 Å². The molecule has 3 aromatic rings. The summed E-state index contributed by atoms with van der Waals surface area (Å²) in [5.74, 6) is 0.482. The van der Waals surface area contributed by atoms with Crippen molar-refractivity contribution < 1.29 is 37.7 Å². The van der Waals surface area contributed by atoms with Gasteiger partial charge in [-0.05, 0) is 65.5 Å². The summed E-state index contributed by atoms with van der Waals surface area (Å²) >= 11 is 6.88. The molecule has 1 saturated carbocycles. The van der Waals surface area contributed by atoms with E-state index in [4.69, 9.17) is 34.9 Å². The third-order valence-corrected chi connectivity index (χ3v) is 9.72. The molecule has 0 radical (unpaired) electrons. The van der Waals surface area contributed by atoms with Gasteiger partial charge in [-0.1, -0.05) is 24.6 Å². The number of benzene rings is 1. The van der Waals surface area contributed by atoms with Gasteiger partial charge in [0.25, 0.3) is 0 Å². The molecule has 1 aromatic carbocycles. The van der Waals surface area contributed by atoms with Crippen LogP contribution in [0.5, 0.6) is 11.6 Å². The molecular weight excluding hydrogens is 613 g/mol. The molecule has 1 saturated heterocycles. The van der Waals surface area contributed by atoms with Gasteiger partial charge in [0.2, 0.25) is 5.88 Å². The van der Waals surface area contributed by atoms with Gasteiger partial charge in [-0.15, -0.1) is 11.6 Å². The summed E-state index contributed by atoms with van der Waals surface area (Å²) in [5.41, 5.74) is 0.832. The second kappa shape index (κ2) is 13.7. The number of aliphatic hydroxyl groups excluding tert-OH is 1. The average molecular weight is 652 g/mol. The van der Waals surface area contributed by atoms with Crippen molar-refractivity contribution in [2.24, 2.45) is 0 Å². The van der Waals surface area contributed by atoms with Crippen molar-refractivity contribution in [3.05, 3.63) is 42.5 Å². The number of nitrogens with zero attached hydrogens (tertiary/aromatic N) is 4. The maximum atomic E-state index is 14.1. The van der Waals surface area contributed by atoms with E-state index in [1.807, 2.05) is 6.92 Å². The number of aliphatic hydroxyl groups is 1. The highest BCUT2D eigenvalue weighted by Crippen LogP contribution is 2.49. The van der Waals surface area contributed by atoms with Crippen molar-refractivity contribution in [1.82, 2.24) is 24.6 Å². The van der Waals surface area contributed by atoms with Gasteiger partial charge in [-0.2, -0.15) is 10.1 Å². The number of imidazole rings is 1. The highest BCUT2D eigenvalue weighted by molar-refractivity contribution is 7.52. The third-order valence-electron chi connectivity index (χ3n) is 7.67. The molecule has 1 aliphatic heterocycles. The van der Waals surface area contributed by atoms with Gasteiger partial charge < -0.3 is 23.8 Å². The van der Waals surface area contributed by atoms with Gasteiger partial charge >= 0.3 is 13.7 Å². The van der Waals surface area contributed by atoms with Crippen LogP contribution in [0.2, 0.25) is 0 Å². The molecule has 2 aromatic heterocycles. The first-order valence-corrected chi connectivity index (χ1v) is 16.8. The Morgan fingerprint density at radius 1 is 1.25 bits per heavy atom. The lowest BCUT2D eigenvalue weighted by molar-refractivity contribution is -0.152. The predicted molar refractivity (Wildman–Crippen MR) is 162 cm³/mol. The minimum Gasteiger partial charge on any atom is -0.476 e. The number of ether oxygens (including phenoxy) is 3. The summed E-state index contributed by atoms with van der Waals surface area (Å²) < 4.78 is 44.7. The Balaban J connectivity index is 1.33. The number of para-hydroxylation sites is 1. The fraction of sp³-hybridized carbons (Fsp3) is 0.586. The first-order chi connectivity index (χ1) is 21.0. The molecule has 13 nitrogen and oxygen atoms in total. The number of halogens is 1. The van der Waals surface area contributed by atoms with E-state index < -0.39 is 43.1 Å².